The predicted octanol–water partition coefficient (Wildman–Crippen LogP) is 2.64. The molecule has 2 atom stereocenters. The Morgan fingerprint density at radius 1 is 1.48 bits per heavy atom. The first kappa shape index (κ1) is 15.7. The maximum atomic E-state index is 11.2. The van der Waals surface area contributed by atoms with Crippen LogP contribution in [0.1, 0.15) is 26.3 Å². The molecule has 1 fully saturated rings. The predicted molar refractivity (Wildman–Crippen MR) is 82.5 cm³/mol. The van der Waals surface area contributed by atoms with E-state index in [9.17, 15) is 10.1 Å². The van der Waals surface area contributed by atoms with Gasteiger partial charge in [-0.15, -0.1) is 0 Å². The van der Waals surface area contributed by atoms with Gasteiger partial charge in [0.05, 0.1) is 17.6 Å². The number of nitrogens with zero attached hydrogens (tertiary/aromatic N) is 2. The third-order valence-corrected chi connectivity index (χ3v) is 3.79. The molecule has 1 aromatic carbocycles. The van der Waals surface area contributed by atoms with Crippen molar-refractivity contribution in [3.8, 4) is 0 Å². The number of nitrogens with one attached hydrogen (secondary N) is 1. The molecule has 2 rings (SSSR count). The quantitative estimate of drug-likeness (QED) is 0.667. The van der Waals surface area contributed by atoms with Crippen molar-refractivity contribution in [1.82, 2.24) is 4.90 Å². The fourth-order valence-corrected chi connectivity index (χ4v) is 2.66. The normalized spacial score (nSPS) is 23.0. The lowest BCUT2D eigenvalue weighted by Gasteiger charge is -2.37. The fourth-order valence-electron chi connectivity index (χ4n) is 2.66. The number of benzene rings is 1. The van der Waals surface area contributed by atoms with E-state index in [1.54, 1.807) is 12.1 Å². The Morgan fingerprint density at radius 3 is 2.90 bits per heavy atom. The molecule has 1 aliphatic rings. The smallest absolute Gasteiger partial charge is 0.292 e. The van der Waals surface area contributed by atoms with Gasteiger partial charge in [-0.3, -0.25) is 15.0 Å². The van der Waals surface area contributed by atoms with E-state index in [1.807, 2.05) is 13.0 Å². The summed E-state index contributed by atoms with van der Waals surface area (Å²) in [6.45, 7) is 9.02. The second-order valence-corrected chi connectivity index (χ2v) is 5.52. The number of anilines is 1. The standard InChI is InChI=1S/C15H23N3O3/c1-4-16-15-13(6-5-7-14(15)18(19)20)9-17-8-12(3)21-10-11(17)2/h5-7,11-12,16H,4,8-10H2,1-3H3. The molecule has 0 saturated carbocycles. The first-order valence-electron chi connectivity index (χ1n) is 7.38. The van der Waals surface area contributed by atoms with Gasteiger partial charge in [-0.2, -0.15) is 0 Å². The molecule has 0 spiro atoms. The fraction of sp³-hybridized carbons (Fsp3) is 0.600. The first-order valence-corrected chi connectivity index (χ1v) is 7.38. The summed E-state index contributed by atoms with van der Waals surface area (Å²) in [5.74, 6) is 0. The molecule has 1 heterocycles. The minimum absolute atomic E-state index is 0.142. The second-order valence-electron chi connectivity index (χ2n) is 5.52. The lowest BCUT2D eigenvalue weighted by molar-refractivity contribution is -0.384. The van der Waals surface area contributed by atoms with Crippen LogP contribution in [0, 0.1) is 10.1 Å². The van der Waals surface area contributed by atoms with Gasteiger partial charge in [0.25, 0.3) is 5.69 Å². The first-order chi connectivity index (χ1) is 10.0. The van der Waals surface area contributed by atoms with E-state index in [4.69, 9.17) is 4.74 Å². The lowest BCUT2D eigenvalue weighted by Crippen LogP contribution is -2.46. The van der Waals surface area contributed by atoms with Crippen LogP contribution in [-0.2, 0) is 11.3 Å². The van der Waals surface area contributed by atoms with Crippen LogP contribution in [0.25, 0.3) is 0 Å². The molecule has 2 unspecified atom stereocenters. The summed E-state index contributed by atoms with van der Waals surface area (Å²) in [6.07, 6.45) is 0.197. The highest BCUT2D eigenvalue weighted by atomic mass is 16.6. The second kappa shape index (κ2) is 6.87. The number of nitro benzene ring substituents is 1. The van der Waals surface area contributed by atoms with Crippen molar-refractivity contribution in [3.05, 3.63) is 33.9 Å². The minimum atomic E-state index is -0.327. The molecular formula is C15H23N3O3. The zero-order valence-corrected chi connectivity index (χ0v) is 12.8. The highest BCUT2D eigenvalue weighted by molar-refractivity contribution is 5.66. The van der Waals surface area contributed by atoms with E-state index in [2.05, 4.69) is 24.1 Å². The van der Waals surface area contributed by atoms with E-state index >= 15 is 0 Å². The number of morpholine rings is 1. The Kier molecular flexibility index (Phi) is 5.14. The SMILES string of the molecule is CCNc1c(CN2CC(C)OCC2C)cccc1[N+](=O)[O-]. The van der Waals surface area contributed by atoms with Crippen LogP contribution in [-0.4, -0.2) is 41.7 Å². The summed E-state index contributed by atoms with van der Waals surface area (Å²) in [5, 5.41) is 14.3. The largest absolute Gasteiger partial charge is 0.380 e. The summed E-state index contributed by atoms with van der Waals surface area (Å²) >= 11 is 0. The minimum Gasteiger partial charge on any atom is -0.380 e. The van der Waals surface area contributed by atoms with Crippen molar-refractivity contribution in [3.63, 3.8) is 0 Å². The summed E-state index contributed by atoms with van der Waals surface area (Å²) in [5.41, 5.74) is 1.74. The van der Waals surface area contributed by atoms with Crippen LogP contribution in [0.15, 0.2) is 18.2 Å². The number of hydrogen-bond acceptors (Lipinski definition) is 5. The van der Waals surface area contributed by atoms with Crippen molar-refractivity contribution < 1.29 is 9.66 Å². The summed E-state index contributed by atoms with van der Waals surface area (Å²) in [4.78, 5) is 13.2. The number of para-hydroxylation sites is 1. The van der Waals surface area contributed by atoms with E-state index in [-0.39, 0.29) is 16.7 Å². The maximum Gasteiger partial charge on any atom is 0.292 e. The van der Waals surface area contributed by atoms with E-state index in [1.165, 1.54) is 0 Å². The van der Waals surface area contributed by atoms with Gasteiger partial charge in [0.2, 0.25) is 0 Å². The molecule has 0 bridgehead atoms. The topological polar surface area (TPSA) is 67.6 Å². The van der Waals surface area contributed by atoms with Gasteiger partial charge in [0.15, 0.2) is 0 Å². The molecule has 0 aliphatic carbocycles. The van der Waals surface area contributed by atoms with Crippen LogP contribution in [0.5, 0.6) is 0 Å². The van der Waals surface area contributed by atoms with Crippen LogP contribution >= 0.6 is 0 Å². The molecule has 116 valence electrons. The molecule has 1 aliphatic heterocycles. The molecule has 6 heteroatoms. The van der Waals surface area contributed by atoms with Crippen molar-refractivity contribution in [1.29, 1.82) is 0 Å². The molecule has 6 nitrogen and oxygen atoms in total. The highest BCUT2D eigenvalue weighted by Crippen LogP contribution is 2.30. The van der Waals surface area contributed by atoms with Gasteiger partial charge in [0.1, 0.15) is 5.69 Å². The third-order valence-electron chi connectivity index (χ3n) is 3.79. The number of nitro groups is 1. The molecule has 0 radical (unpaired) electrons. The molecule has 21 heavy (non-hydrogen) atoms. The van der Waals surface area contributed by atoms with Gasteiger partial charge in [-0.25, -0.2) is 0 Å². The van der Waals surface area contributed by atoms with E-state index in [0.717, 1.165) is 12.1 Å². The van der Waals surface area contributed by atoms with Gasteiger partial charge in [-0.05, 0) is 26.3 Å². The highest BCUT2D eigenvalue weighted by Gasteiger charge is 2.25. The average molecular weight is 293 g/mol. The lowest BCUT2D eigenvalue weighted by atomic mass is 10.1. The van der Waals surface area contributed by atoms with Gasteiger partial charge >= 0.3 is 0 Å². The van der Waals surface area contributed by atoms with Crippen LogP contribution < -0.4 is 5.32 Å². The Morgan fingerprint density at radius 2 is 2.24 bits per heavy atom. The molecule has 0 amide bonds. The monoisotopic (exact) mass is 293 g/mol. The van der Waals surface area contributed by atoms with Crippen molar-refractivity contribution in [2.75, 3.05) is 25.0 Å². The average Bonchev–Trinajstić information content (AvgIpc) is 2.44. The summed E-state index contributed by atoms with van der Waals surface area (Å²) in [6, 6.07) is 5.57. The zero-order valence-electron chi connectivity index (χ0n) is 12.8. The van der Waals surface area contributed by atoms with Crippen LogP contribution in [0.3, 0.4) is 0 Å². The molecule has 1 saturated heterocycles. The van der Waals surface area contributed by atoms with Gasteiger partial charge in [-0.1, -0.05) is 12.1 Å². The van der Waals surface area contributed by atoms with Crippen molar-refractivity contribution >= 4 is 11.4 Å². The van der Waals surface area contributed by atoms with Gasteiger partial charge < -0.3 is 10.1 Å². The van der Waals surface area contributed by atoms with Crippen LogP contribution in [0.2, 0.25) is 0 Å². The maximum absolute atomic E-state index is 11.2. The number of rotatable bonds is 5. The molecule has 1 aromatic rings. The Balaban J connectivity index is 2.26. The Hall–Kier alpha value is -1.66. The van der Waals surface area contributed by atoms with E-state index < -0.39 is 0 Å². The Bertz CT molecular complexity index is 507. The molecule has 0 aromatic heterocycles. The molecule has 1 N–H and O–H groups in total. The summed E-state index contributed by atoms with van der Waals surface area (Å²) < 4.78 is 5.63. The molecular weight excluding hydrogens is 270 g/mol. The Labute approximate surface area is 125 Å². The number of ether oxygens (including phenoxy) is 1. The zero-order chi connectivity index (χ0) is 15.4. The third kappa shape index (κ3) is 3.71. The number of hydrogen-bond donors (Lipinski definition) is 1. The van der Waals surface area contributed by atoms with Gasteiger partial charge in [0, 0.05) is 31.7 Å². The van der Waals surface area contributed by atoms with Crippen molar-refractivity contribution in [2.45, 2.75) is 39.5 Å². The van der Waals surface area contributed by atoms with Crippen LogP contribution in [0.4, 0.5) is 11.4 Å². The van der Waals surface area contributed by atoms with Crippen molar-refractivity contribution in [2.24, 2.45) is 0 Å². The van der Waals surface area contributed by atoms with E-state index in [0.29, 0.717) is 31.4 Å². The summed E-state index contributed by atoms with van der Waals surface area (Å²) in [7, 11) is 0.